The van der Waals surface area contributed by atoms with E-state index in [-0.39, 0.29) is 5.57 Å². The molecule has 1 aromatic rings. The van der Waals surface area contributed by atoms with E-state index in [4.69, 9.17) is 4.42 Å². The van der Waals surface area contributed by atoms with Gasteiger partial charge in [0.25, 0.3) is 0 Å². The zero-order valence-corrected chi connectivity index (χ0v) is 9.37. The summed E-state index contributed by atoms with van der Waals surface area (Å²) in [5.41, 5.74) is 0.749. The Morgan fingerprint density at radius 1 is 1.44 bits per heavy atom. The van der Waals surface area contributed by atoms with Gasteiger partial charge in [-0.25, -0.2) is 4.79 Å². The molecular weight excluding hydrogens is 210 g/mol. The number of Topliss-reactive ketones (excluding diaryl/α,β-unsaturated/α-hetero) is 1. The van der Waals surface area contributed by atoms with Gasteiger partial charge in [0, 0.05) is 12.7 Å². The van der Waals surface area contributed by atoms with Gasteiger partial charge in [-0.05, 0) is 13.0 Å². The molecule has 1 N–H and O–H groups in total. The van der Waals surface area contributed by atoms with Gasteiger partial charge in [0.1, 0.15) is 11.8 Å². The minimum absolute atomic E-state index is 0.0219. The largest absolute Gasteiger partial charge is 0.472 e. The standard InChI is InChI=1S/C11H13NO4/c1-7(12-2)9(11(14)15-3)10(13)8-4-5-16-6-8/h4-6,12H,1-3H3. The van der Waals surface area contributed by atoms with Crippen molar-refractivity contribution in [2.45, 2.75) is 6.92 Å². The lowest BCUT2D eigenvalue weighted by Crippen LogP contribution is -2.20. The van der Waals surface area contributed by atoms with Gasteiger partial charge in [0.05, 0.1) is 18.9 Å². The molecule has 1 rings (SSSR count). The highest BCUT2D eigenvalue weighted by Crippen LogP contribution is 2.13. The predicted molar refractivity (Wildman–Crippen MR) is 56.8 cm³/mol. The van der Waals surface area contributed by atoms with E-state index in [0.717, 1.165) is 0 Å². The number of hydrogen-bond donors (Lipinski definition) is 1. The van der Waals surface area contributed by atoms with Gasteiger partial charge in [0.2, 0.25) is 5.78 Å². The summed E-state index contributed by atoms with van der Waals surface area (Å²) < 4.78 is 9.36. The number of ether oxygens (including phenoxy) is 1. The summed E-state index contributed by atoms with van der Waals surface area (Å²) in [7, 11) is 2.86. The van der Waals surface area contributed by atoms with Crippen LogP contribution < -0.4 is 5.32 Å². The fourth-order valence-corrected chi connectivity index (χ4v) is 1.18. The number of hydrogen-bond acceptors (Lipinski definition) is 5. The molecule has 0 aliphatic heterocycles. The molecule has 86 valence electrons. The van der Waals surface area contributed by atoms with Crippen molar-refractivity contribution in [3.63, 3.8) is 0 Å². The highest BCUT2D eigenvalue weighted by Gasteiger charge is 2.23. The lowest BCUT2D eigenvalue weighted by Gasteiger charge is -2.07. The van der Waals surface area contributed by atoms with E-state index >= 15 is 0 Å². The number of carbonyl (C=O) groups excluding carboxylic acids is 2. The number of carbonyl (C=O) groups is 2. The number of rotatable bonds is 4. The zero-order chi connectivity index (χ0) is 12.1. The van der Waals surface area contributed by atoms with Crippen molar-refractivity contribution in [1.29, 1.82) is 0 Å². The Hall–Kier alpha value is -2.04. The van der Waals surface area contributed by atoms with Crippen molar-refractivity contribution < 1.29 is 18.7 Å². The number of allylic oxidation sites excluding steroid dienone is 1. The van der Waals surface area contributed by atoms with Crippen LogP contribution in [0.3, 0.4) is 0 Å². The second-order valence-electron chi connectivity index (χ2n) is 3.08. The van der Waals surface area contributed by atoms with Crippen molar-refractivity contribution in [3.8, 4) is 0 Å². The zero-order valence-electron chi connectivity index (χ0n) is 9.37. The number of methoxy groups -OCH3 is 1. The summed E-state index contributed by atoms with van der Waals surface area (Å²) in [6, 6.07) is 1.49. The van der Waals surface area contributed by atoms with Gasteiger partial charge in [-0.3, -0.25) is 4.79 Å². The molecule has 0 aliphatic carbocycles. The van der Waals surface area contributed by atoms with Crippen LogP contribution >= 0.6 is 0 Å². The maximum absolute atomic E-state index is 11.9. The van der Waals surface area contributed by atoms with Crippen molar-refractivity contribution in [3.05, 3.63) is 35.4 Å². The van der Waals surface area contributed by atoms with E-state index in [2.05, 4.69) is 10.1 Å². The summed E-state index contributed by atoms with van der Waals surface area (Å²) in [6.07, 6.45) is 2.66. The average Bonchev–Trinajstić information content (AvgIpc) is 2.81. The molecule has 0 atom stereocenters. The quantitative estimate of drug-likeness (QED) is 0.272. The number of nitrogens with one attached hydrogen (secondary N) is 1. The van der Waals surface area contributed by atoms with Crippen LogP contribution in [0.15, 0.2) is 34.3 Å². The Labute approximate surface area is 93.1 Å². The first-order valence-electron chi connectivity index (χ1n) is 4.65. The molecular formula is C11H13NO4. The van der Waals surface area contributed by atoms with Gasteiger partial charge >= 0.3 is 5.97 Å². The van der Waals surface area contributed by atoms with Crippen LogP contribution in [0.1, 0.15) is 17.3 Å². The molecule has 1 aromatic heterocycles. The number of esters is 1. The van der Waals surface area contributed by atoms with E-state index < -0.39 is 11.8 Å². The van der Waals surface area contributed by atoms with Gasteiger partial charge in [-0.1, -0.05) is 0 Å². The molecule has 0 saturated carbocycles. The van der Waals surface area contributed by atoms with Crippen molar-refractivity contribution >= 4 is 11.8 Å². The fraction of sp³-hybridized carbons (Fsp3) is 0.273. The molecule has 0 fully saturated rings. The molecule has 0 aromatic carbocycles. The SMILES string of the molecule is CNC(C)=C(C(=O)OC)C(=O)c1ccoc1. The fourth-order valence-electron chi connectivity index (χ4n) is 1.18. The maximum Gasteiger partial charge on any atom is 0.343 e. The Kier molecular flexibility index (Phi) is 3.88. The summed E-state index contributed by atoms with van der Waals surface area (Å²) in [6.45, 7) is 1.63. The Morgan fingerprint density at radius 2 is 2.12 bits per heavy atom. The molecule has 0 aliphatic rings. The average molecular weight is 223 g/mol. The lowest BCUT2D eigenvalue weighted by molar-refractivity contribution is -0.135. The van der Waals surface area contributed by atoms with Crippen LogP contribution in [0, 0.1) is 0 Å². The second kappa shape index (κ2) is 5.16. The van der Waals surface area contributed by atoms with Gasteiger partial charge in [0.15, 0.2) is 0 Å². The third-order valence-electron chi connectivity index (χ3n) is 2.15. The normalized spacial score (nSPS) is 11.7. The second-order valence-corrected chi connectivity index (χ2v) is 3.08. The van der Waals surface area contributed by atoms with Gasteiger partial charge in [-0.15, -0.1) is 0 Å². The molecule has 0 spiro atoms. The molecule has 0 bridgehead atoms. The van der Waals surface area contributed by atoms with E-state index in [1.54, 1.807) is 14.0 Å². The van der Waals surface area contributed by atoms with Crippen LogP contribution in [-0.2, 0) is 9.53 Å². The van der Waals surface area contributed by atoms with Gasteiger partial charge in [-0.2, -0.15) is 0 Å². The summed E-state index contributed by atoms with van der Waals surface area (Å²) in [5.74, 6) is -1.09. The molecule has 5 heteroatoms. The lowest BCUT2D eigenvalue weighted by atomic mass is 10.0. The summed E-state index contributed by atoms with van der Waals surface area (Å²) in [4.78, 5) is 23.4. The topological polar surface area (TPSA) is 68.5 Å². The monoisotopic (exact) mass is 223 g/mol. The predicted octanol–water partition coefficient (Wildman–Crippen LogP) is 1.13. The van der Waals surface area contributed by atoms with Gasteiger partial charge < -0.3 is 14.5 Å². The van der Waals surface area contributed by atoms with Crippen LogP contribution in [0.5, 0.6) is 0 Å². The highest BCUT2D eigenvalue weighted by atomic mass is 16.5. The number of ketones is 1. The third kappa shape index (κ3) is 2.31. The van der Waals surface area contributed by atoms with Crippen molar-refractivity contribution in [1.82, 2.24) is 5.32 Å². The van der Waals surface area contributed by atoms with Crippen LogP contribution in [0.2, 0.25) is 0 Å². The molecule has 0 radical (unpaired) electrons. The van der Waals surface area contributed by atoms with E-state index in [0.29, 0.717) is 11.3 Å². The minimum atomic E-state index is -0.668. The Morgan fingerprint density at radius 3 is 2.56 bits per heavy atom. The van der Waals surface area contributed by atoms with E-state index in [1.807, 2.05) is 0 Å². The smallest absolute Gasteiger partial charge is 0.343 e. The molecule has 16 heavy (non-hydrogen) atoms. The van der Waals surface area contributed by atoms with Crippen LogP contribution in [0.25, 0.3) is 0 Å². The first-order valence-corrected chi connectivity index (χ1v) is 4.65. The van der Waals surface area contributed by atoms with Crippen LogP contribution in [-0.4, -0.2) is 25.9 Å². The molecule has 5 nitrogen and oxygen atoms in total. The molecule has 0 amide bonds. The minimum Gasteiger partial charge on any atom is -0.472 e. The maximum atomic E-state index is 11.9. The Bertz CT molecular complexity index is 417. The highest BCUT2D eigenvalue weighted by molar-refractivity contribution is 6.24. The summed E-state index contributed by atoms with van der Waals surface area (Å²) >= 11 is 0. The van der Waals surface area contributed by atoms with Crippen molar-refractivity contribution in [2.75, 3.05) is 14.2 Å². The first-order chi connectivity index (χ1) is 7.61. The van der Waals surface area contributed by atoms with Crippen molar-refractivity contribution in [2.24, 2.45) is 0 Å². The first kappa shape index (κ1) is 12.0. The molecule has 0 unspecified atom stereocenters. The van der Waals surface area contributed by atoms with E-state index in [9.17, 15) is 9.59 Å². The number of furan rings is 1. The Balaban J connectivity index is 3.14. The van der Waals surface area contributed by atoms with E-state index in [1.165, 1.54) is 25.7 Å². The third-order valence-corrected chi connectivity index (χ3v) is 2.15. The summed E-state index contributed by atoms with van der Waals surface area (Å²) in [5, 5.41) is 2.75. The van der Waals surface area contributed by atoms with Crippen LogP contribution in [0.4, 0.5) is 0 Å². The molecule has 1 heterocycles. The molecule has 0 saturated heterocycles.